The summed E-state index contributed by atoms with van der Waals surface area (Å²) in [6, 6.07) is 3.67. The molecule has 1 aromatic carbocycles. The molecule has 2 rings (SSSR count). The Morgan fingerprint density at radius 1 is 1.21 bits per heavy atom. The van der Waals surface area contributed by atoms with Gasteiger partial charge in [0.2, 0.25) is 6.08 Å². The third-order valence-electron chi connectivity index (χ3n) is 3.77. The Morgan fingerprint density at radius 3 is 2.16 bits per heavy atom. The summed E-state index contributed by atoms with van der Waals surface area (Å²) in [4.78, 5) is 14.8. The van der Waals surface area contributed by atoms with Gasteiger partial charge in [-0.2, -0.15) is 4.99 Å². The first kappa shape index (κ1) is 13.4. The maximum Gasteiger partial charge on any atom is 0.235 e. The maximum absolute atomic E-state index is 10.7. The number of rotatable bonds is 4. The van der Waals surface area contributed by atoms with Crippen molar-refractivity contribution < 1.29 is 14.3 Å². The van der Waals surface area contributed by atoms with Crippen LogP contribution in [0.25, 0.3) is 0 Å². The number of nitrogen functional groups attached to an aromatic ring is 1. The first-order valence-electron chi connectivity index (χ1n) is 6.28. The average Bonchev–Trinajstić information content (AvgIpc) is 2.89. The summed E-state index contributed by atoms with van der Waals surface area (Å²) >= 11 is 0. The largest absolute Gasteiger partial charge is 0.494 e. The highest BCUT2D eigenvalue weighted by molar-refractivity contribution is 5.65. The zero-order chi connectivity index (χ0) is 13.9. The number of benzene rings is 1. The summed E-state index contributed by atoms with van der Waals surface area (Å²) in [6.07, 6.45) is 5.45. The highest BCUT2D eigenvalue weighted by atomic mass is 16.5. The van der Waals surface area contributed by atoms with Crippen molar-refractivity contribution in [2.24, 2.45) is 4.99 Å². The zero-order valence-electron chi connectivity index (χ0n) is 11.2. The van der Waals surface area contributed by atoms with Gasteiger partial charge in [0.1, 0.15) is 17.2 Å². The minimum atomic E-state index is -0.504. The summed E-state index contributed by atoms with van der Waals surface area (Å²) in [6.45, 7) is 0. The van der Waals surface area contributed by atoms with E-state index in [9.17, 15) is 4.79 Å². The van der Waals surface area contributed by atoms with E-state index in [4.69, 9.17) is 15.2 Å². The number of anilines is 1. The van der Waals surface area contributed by atoms with Crippen LogP contribution in [0.15, 0.2) is 17.1 Å². The lowest BCUT2D eigenvalue weighted by atomic mass is 9.88. The van der Waals surface area contributed by atoms with Crippen LogP contribution in [0.1, 0.15) is 31.2 Å². The summed E-state index contributed by atoms with van der Waals surface area (Å²) < 4.78 is 10.5. The van der Waals surface area contributed by atoms with Crippen LogP contribution in [0, 0.1) is 0 Å². The molecule has 1 fully saturated rings. The molecule has 5 nitrogen and oxygen atoms in total. The zero-order valence-corrected chi connectivity index (χ0v) is 11.2. The van der Waals surface area contributed by atoms with Gasteiger partial charge in [-0.05, 0) is 30.5 Å². The van der Waals surface area contributed by atoms with Crippen LogP contribution in [-0.4, -0.2) is 20.3 Å². The van der Waals surface area contributed by atoms with E-state index in [0.717, 1.165) is 31.2 Å². The van der Waals surface area contributed by atoms with Gasteiger partial charge < -0.3 is 15.2 Å². The van der Waals surface area contributed by atoms with Crippen molar-refractivity contribution in [1.82, 2.24) is 0 Å². The Kier molecular flexibility index (Phi) is 3.76. The van der Waals surface area contributed by atoms with Gasteiger partial charge in [-0.15, -0.1) is 0 Å². The van der Waals surface area contributed by atoms with Crippen LogP contribution >= 0.6 is 0 Å². The fourth-order valence-corrected chi connectivity index (χ4v) is 2.72. The molecule has 0 amide bonds. The molecule has 19 heavy (non-hydrogen) atoms. The quantitative estimate of drug-likeness (QED) is 0.513. The predicted octanol–water partition coefficient (Wildman–Crippen LogP) is 2.39. The van der Waals surface area contributed by atoms with Crippen molar-refractivity contribution >= 4 is 11.8 Å². The molecule has 0 spiro atoms. The van der Waals surface area contributed by atoms with E-state index in [2.05, 4.69) is 4.99 Å². The highest BCUT2D eigenvalue weighted by Crippen LogP contribution is 2.46. The Morgan fingerprint density at radius 2 is 1.74 bits per heavy atom. The van der Waals surface area contributed by atoms with Gasteiger partial charge in [0.05, 0.1) is 19.8 Å². The number of isocyanates is 1. The third-order valence-corrected chi connectivity index (χ3v) is 3.77. The smallest absolute Gasteiger partial charge is 0.235 e. The number of aliphatic imine (C=N–C) groups is 1. The molecular weight excluding hydrogens is 244 g/mol. The minimum Gasteiger partial charge on any atom is -0.494 e. The standard InChI is InChI=1S/C14H18N2O3/c1-18-11-7-10(8-12(19-2)13(11)15)14(16-9-17)5-3-4-6-14/h7-8H,3-6,15H2,1-2H3. The van der Waals surface area contributed by atoms with Gasteiger partial charge >= 0.3 is 0 Å². The number of nitrogens with zero attached hydrogens (tertiary/aromatic N) is 1. The molecule has 1 aliphatic carbocycles. The van der Waals surface area contributed by atoms with Crippen molar-refractivity contribution in [1.29, 1.82) is 0 Å². The molecule has 1 aliphatic rings. The van der Waals surface area contributed by atoms with E-state index in [1.165, 1.54) is 0 Å². The lowest BCUT2D eigenvalue weighted by Gasteiger charge is -2.24. The van der Waals surface area contributed by atoms with E-state index < -0.39 is 5.54 Å². The minimum absolute atomic E-state index is 0.456. The predicted molar refractivity (Wildman–Crippen MR) is 72.2 cm³/mol. The summed E-state index contributed by atoms with van der Waals surface area (Å²) in [7, 11) is 3.11. The van der Waals surface area contributed by atoms with Crippen LogP contribution in [0.5, 0.6) is 11.5 Å². The first-order valence-corrected chi connectivity index (χ1v) is 6.28. The highest BCUT2D eigenvalue weighted by Gasteiger charge is 2.36. The molecule has 0 radical (unpaired) electrons. The lowest BCUT2D eigenvalue weighted by molar-refractivity contribution is 0.390. The van der Waals surface area contributed by atoms with Gasteiger partial charge in [0, 0.05) is 0 Å². The van der Waals surface area contributed by atoms with Crippen molar-refractivity contribution in [3.8, 4) is 11.5 Å². The second-order valence-electron chi connectivity index (χ2n) is 4.74. The topological polar surface area (TPSA) is 73.9 Å². The second kappa shape index (κ2) is 5.33. The molecule has 0 unspecified atom stereocenters. The van der Waals surface area contributed by atoms with Crippen LogP contribution in [0.2, 0.25) is 0 Å². The van der Waals surface area contributed by atoms with Gasteiger partial charge in [-0.3, -0.25) is 0 Å². The van der Waals surface area contributed by atoms with Crippen LogP contribution in [0.4, 0.5) is 5.69 Å². The Bertz CT molecular complexity index is 490. The average molecular weight is 262 g/mol. The molecule has 1 saturated carbocycles. The third kappa shape index (κ3) is 2.29. The SMILES string of the molecule is COc1cc(C2(N=C=O)CCCC2)cc(OC)c1N. The second-order valence-corrected chi connectivity index (χ2v) is 4.74. The number of ether oxygens (including phenoxy) is 2. The van der Waals surface area contributed by atoms with Crippen molar-refractivity contribution in [2.75, 3.05) is 20.0 Å². The Labute approximate surface area is 112 Å². The maximum atomic E-state index is 10.7. The molecule has 0 aromatic heterocycles. The van der Waals surface area contributed by atoms with Crippen LogP contribution in [-0.2, 0) is 10.3 Å². The molecule has 1 aromatic rings. The fraction of sp³-hybridized carbons (Fsp3) is 0.500. The molecule has 0 saturated heterocycles. The summed E-state index contributed by atoms with van der Waals surface area (Å²) in [5.74, 6) is 1.09. The van der Waals surface area contributed by atoms with E-state index in [1.807, 2.05) is 12.1 Å². The van der Waals surface area contributed by atoms with Gasteiger partial charge in [-0.1, -0.05) is 12.8 Å². The van der Waals surface area contributed by atoms with E-state index in [-0.39, 0.29) is 0 Å². The lowest BCUT2D eigenvalue weighted by Crippen LogP contribution is -2.19. The van der Waals surface area contributed by atoms with Gasteiger partial charge in [-0.25, -0.2) is 4.79 Å². The fourth-order valence-electron chi connectivity index (χ4n) is 2.72. The number of hydrogen-bond acceptors (Lipinski definition) is 5. The van der Waals surface area contributed by atoms with E-state index >= 15 is 0 Å². The first-order chi connectivity index (χ1) is 9.16. The monoisotopic (exact) mass is 262 g/mol. The number of nitrogens with two attached hydrogens (primary N) is 1. The van der Waals surface area contributed by atoms with Crippen LogP contribution < -0.4 is 15.2 Å². The molecule has 0 heterocycles. The molecule has 0 atom stereocenters. The van der Waals surface area contributed by atoms with Gasteiger partial charge in [0.15, 0.2) is 0 Å². The number of methoxy groups -OCH3 is 2. The number of carbonyl (C=O) groups excluding carboxylic acids is 1. The van der Waals surface area contributed by atoms with Crippen LogP contribution in [0.3, 0.4) is 0 Å². The van der Waals surface area contributed by atoms with Crippen molar-refractivity contribution in [2.45, 2.75) is 31.2 Å². The van der Waals surface area contributed by atoms with Crippen molar-refractivity contribution in [3.63, 3.8) is 0 Å². The van der Waals surface area contributed by atoms with E-state index in [0.29, 0.717) is 17.2 Å². The number of hydrogen-bond donors (Lipinski definition) is 1. The van der Waals surface area contributed by atoms with Crippen molar-refractivity contribution in [3.05, 3.63) is 17.7 Å². The molecule has 0 aliphatic heterocycles. The Balaban J connectivity index is 2.57. The molecular formula is C14H18N2O3. The van der Waals surface area contributed by atoms with E-state index in [1.54, 1.807) is 20.3 Å². The summed E-state index contributed by atoms with van der Waals surface area (Å²) in [5, 5.41) is 0. The molecule has 2 N–H and O–H groups in total. The summed E-state index contributed by atoms with van der Waals surface area (Å²) in [5.41, 5.74) is 6.78. The normalized spacial score (nSPS) is 16.7. The Hall–Kier alpha value is -2.00. The molecule has 102 valence electrons. The van der Waals surface area contributed by atoms with Gasteiger partial charge in [0.25, 0.3) is 0 Å². The molecule has 5 heteroatoms. The molecule has 0 bridgehead atoms.